The lowest BCUT2D eigenvalue weighted by atomic mass is 10.2. The fourth-order valence-corrected chi connectivity index (χ4v) is 2.22. The molecule has 5 nitrogen and oxygen atoms in total. The molecule has 0 saturated carbocycles. The lowest BCUT2D eigenvalue weighted by Gasteiger charge is -2.07. The molecule has 122 valence electrons. The number of benzene rings is 2. The Morgan fingerprint density at radius 1 is 1.17 bits per heavy atom. The number of nitrogens with zero attached hydrogens (tertiary/aromatic N) is 1. The van der Waals surface area contributed by atoms with E-state index in [9.17, 15) is 4.79 Å². The van der Waals surface area contributed by atoms with Crippen LogP contribution in [0, 0.1) is 11.3 Å². The van der Waals surface area contributed by atoms with Crippen molar-refractivity contribution in [2.45, 2.75) is 0 Å². The van der Waals surface area contributed by atoms with Gasteiger partial charge in [-0.15, -0.1) is 0 Å². The number of hydrogen-bond donors (Lipinski definition) is 1. The third kappa shape index (κ3) is 4.28. The second kappa shape index (κ2) is 8.04. The standard InChI is InChI=1S/C18H15ClN2O3/c1-23-16-7-3-12(9-17(16)24-2)4-8-18(22)21-14-6-5-13(11-20)15(19)10-14/h3-10H,1-2H3,(H,21,22)/b8-4+. The molecule has 0 spiro atoms. The van der Waals surface area contributed by atoms with E-state index in [1.165, 1.54) is 12.1 Å². The quantitative estimate of drug-likeness (QED) is 0.837. The van der Waals surface area contributed by atoms with Crippen LogP contribution in [0.4, 0.5) is 5.69 Å². The van der Waals surface area contributed by atoms with E-state index in [0.717, 1.165) is 5.56 Å². The van der Waals surface area contributed by atoms with Crippen molar-refractivity contribution in [3.8, 4) is 17.6 Å². The highest BCUT2D eigenvalue weighted by molar-refractivity contribution is 6.32. The third-order valence-electron chi connectivity index (χ3n) is 3.19. The largest absolute Gasteiger partial charge is 0.493 e. The lowest BCUT2D eigenvalue weighted by molar-refractivity contribution is -0.111. The molecule has 0 heterocycles. The van der Waals surface area contributed by atoms with Gasteiger partial charge in [-0.05, 0) is 42.0 Å². The van der Waals surface area contributed by atoms with Gasteiger partial charge in [-0.25, -0.2) is 0 Å². The summed E-state index contributed by atoms with van der Waals surface area (Å²) in [5, 5.41) is 11.8. The number of methoxy groups -OCH3 is 2. The maximum Gasteiger partial charge on any atom is 0.248 e. The Kier molecular flexibility index (Phi) is 5.83. The number of nitriles is 1. The van der Waals surface area contributed by atoms with E-state index < -0.39 is 0 Å². The minimum Gasteiger partial charge on any atom is -0.493 e. The molecule has 0 aliphatic rings. The van der Waals surface area contributed by atoms with Crippen LogP contribution in [-0.2, 0) is 4.79 Å². The van der Waals surface area contributed by atoms with Crippen LogP contribution in [-0.4, -0.2) is 20.1 Å². The summed E-state index contributed by atoms with van der Waals surface area (Å²) in [6.07, 6.45) is 3.05. The van der Waals surface area contributed by atoms with Gasteiger partial charge >= 0.3 is 0 Å². The van der Waals surface area contributed by atoms with Gasteiger partial charge in [-0.1, -0.05) is 17.7 Å². The molecule has 0 atom stereocenters. The first-order valence-corrected chi connectivity index (χ1v) is 7.36. The van der Waals surface area contributed by atoms with Gasteiger partial charge in [0.2, 0.25) is 5.91 Å². The summed E-state index contributed by atoms with van der Waals surface area (Å²) in [5.41, 5.74) is 1.66. The predicted octanol–water partition coefficient (Wildman–Crippen LogP) is 3.88. The molecule has 1 amide bonds. The number of rotatable bonds is 5. The summed E-state index contributed by atoms with van der Waals surface area (Å²) in [4.78, 5) is 12.0. The molecule has 0 unspecified atom stereocenters. The molecule has 2 aromatic carbocycles. The van der Waals surface area contributed by atoms with E-state index in [4.69, 9.17) is 26.3 Å². The lowest BCUT2D eigenvalue weighted by Crippen LogP contribution is -2.07. The Labute approximate surface area is 145 Å². The van der Waals surface area contributed by atoms with Crippen LogP contribution < -0.4 is 14.8 Å². The van der Waals surface area contributed by atoms with Crippen LogP contribution in [0.3, 0.4) is 0 Å². The van der Waals surface area contributed by atoms with Gasteiger partial charge in [0.25, 0.3) is 0 Å². The zero-order chi connectivity index (χ0) is 17.5. The maximum atomic E-state index is 12.0. The molecule has 2 aromatic rings. The summed E-state index contributed by atoms with van der Waals surface area (Å²) < 4.78 is 10.4. The van der Waals surface area contributed by atoms with Gasteiger partial charge in [0.1, 0.15) is 6.07 Å². The minimum atomic E-state index is -0.314. The van der Waals surface area contributed by atoms with Crippen LogP contribution in [0.5, 0.6) is 11.5 Å². The maximum absolute atomic E-state index is 12.0. The highest BCUT2D eigenvalue weighted by Gasteiger charge is 2.05. The van der Waals surface area contributed by atoms with Crippen LogP contribution >= 0.6 is 11.6 Å². The Bertz CT molecular complexity index is 825. The van der Waals surface area contributed by atoms with Gasteiger partial charge in [0.05, 0.1) is 24.8 Å². The smallest absolute Gasteiger partial charge is 0.248 e. The molecule has 2 rings (SSSR count). The molecule has 0 fully saturated rings. The van der Waals surface area contributed by atoms with Crippen LogP contribution in [0.15, 0.2) is 42.5 Å². The molecule has 0 saturated heterocycles. The molecule has 0 aromatic heterocycles. The van der Waals surface area contributed by atoms with Gasteiger partial charge < -0.3 is 14.8 Å². The van der Waals surface area contributed by atoms with Crippen molar-refractivity contribution in [2.75, 3.05) is 19.5 Å². The molecule has 0 aliphatic heterocycles. The fourth-order valence-electron chi connectivity index (χ4n) is 2.00. The molecule has 6 heteroatoms. The average molecular weight is 343 g/mol. The first kappa shape index (κ1) is 17.4. The second-order valence-corrected chi connectivity index (χ2v) is 5.15. The van der Waals surface area contributed by atoms with E-state index in [1.54, 1.807) is 44.6 Å². The first-order chi connectivity index (χ1) is 11.6. The van der Waals surface area contributed by atoms with E-state index >= 15 is 0 Å². The SMILES string of the molecule is COc1ccc(/C=C/C(=O)Nc2ccc(C#N)c(Cl)c2)cc1OC. The summed E-state index contributed by atoms with van der Waals surface area (Å²) in [5.74, 6) is 0.885. The molecule has 0 bridgehead atoms. The van der Waals surface area contributed by atoms with Crippen molar-refractivity contribution >= 4 is 29.3 Å². The van der Waals surface area contributed by atoms with E-state index in [1.807, 2.05) is 12.1 Å². The number of nitrogens with one attached hydrogen (secondary N) is 1. The summed E-state index contributed by atoms with van der Waals surface area (Å²) >= 11 is 5.93. The van der Waals surface area contributed by atoms with Gasteiger partial charge in [-0.2, -0.15) is 5.26 Å². The molecule has 24 heavy (non-hydrogen) atoms. The summed E-state index contributed by atoms with van der Waals surface area (Å²) in [7, 11) is 3.11. The van der Waals surface area contributed by atoms with Crippen molar-refractivity contribution in [3.63, 3.8) is 0 Å². The van der Waals surface area contributed by atoms with Crippen molar-refractivity contribution in [1.29, 1.82) is 5.26 Å². The molecule has 0 radical (unpaired) electrons. The van der Waals surface area contributed by atoms with Gasteiger partial charge in [-0.3, -0.25) is 4.79 Å². The van der Waals surface area contributed by atoms with Crippen LogP contribution in [0.2, 0.25) is 5.02 Å². The Morgan fingerprint density at radius 2 is 1.92 bits per heavy atom. The number of carbonyl (C=O) groups excluding carboxylic acids is 1. The number of hydrogen-bond acceptors (Lipinski definition) is 4. The fraction of sp³-hybridized carbons (Fsp3) is 0.111. The second-order valence-electron chi connectivity index (χ2n) is 4.74. The molecule has 1 N–H and O–H groups in total. The zero-order valence-electron chi connectivity index (χ0n) is 13.2. The van der Waals surface area contributed by atoms with E-state index in [2.05, 4.69) is 5.32 Å². The number of anilines is 1. The number of halogens is 1. The highest BCUT2D eigenvalue weighted by atomic mass is 35.5. The highest BCUT2D eigenvalue weighted by Crippen LogP contribution is 2.28. The van der Waals surface area contributed by atoms with Gasteiger partial charge in [0.15, 0.2) is 11.5 Å². The van der Waals surface area contributed by atoms with Crippen LogP contribution in [0.1, 0.15) is 11.1 Å². The monoisotopic (exact) mass is 342 g/mol. The van der Waals surface area contributed by atoms with E-state index in [0.29, 0.717) is 27.8 Å². The van der Waals surface area contributed by atoms with E-state index in [-0.39, 0.29) is 5.91 Å². The average Bonchev–Trinajstić information content (AvgIpc) is 2.59. The van der Waals surface area contributed by atoms with Crippen molar-refractivity contribution in [1.82, 2.24) is 0 Å². The molecule has 0 aliphatic carbocycles. The Hall–Kier alpha value is -2.97. The van der Waals surface area contributed by atoms with Crippen molar-refractivity contribution < 1.29 is 14.3 Å². The number of amides is 1. The minimum absolute atomic E-state index is 0.291. The summed E-state index contributed by atoms with van der Waals surface area (Å²) in [6, 6.07) is 12.0. The number of ether oxygens (including phenoxy) is 2. The number of carbonyl (C=O) groups is 1. The normalized spacial score (nSPS) is 10.2. The van der Waals surface area contributed by atoms with Crippen molar-refractivity contribution in [3.05, 3.63) is 58.6 Å². The Morgan fingerprint density at radius 3 is 2.54 bits per heavy atom. The predicted molar refractivity (Wildman–Crippen MR) is 93.4 cm³/mol. The van der Waals surface area contributed by atoms with Crippen molar-refractivity contribution in [2.24, 2.45) is 0 Å². The molecular weight excluding hydrogens is 328 g/mol. The molecular formula is C18H15ClN2O3. The van der Waals surface area contributed by atoms with Gasteiger partial charge in [0, 0.05) is 11.8 Å². The Balaban J connectivity index is 2.08. The third-order valence-corrected chi connectivity index (χ3v) is 3.50. The summed E-state index contributed by atoms with van der Waals surface area (Å²) in [6.45, 7) is 0. The first-order valence-electron chi connectivity index (χ1n) is 6.98. The van der Waals surface area contributed by atoms with Crippen LogP contribution in [0.25, 0.3) is 6.08 Å². The zero-order valence-corrected chi connectivity index (χ0v) is 13.9. The topological polar surface area (TPSA) is 71.3 Å².